The second-order valence-electron chi connectivity index (χ2n) is 7.74. The van der Waals surface area contributed by atoms with Gasteiger partial charge in [-0.3, -0.25) is 19.7 Å². The quantitative estimate of drug-likeness (QED) is 0.572. The minimum atomic E-state index is -0.943. The van der Waals surface area contributed by atoms with Gasteiger partial charge >= 0.3 is 6.03 Å². The molecule has 1 aliphatic heterocycles. The zero-order chi connectivity index (χ0) is 23.4. The number of carbonyl (C=O) groups is 4. The molecule has 3 rings (SSSR count). The average Bonchev–Trinajstić information content (AvgIpc) is 2.75. The van der Waals surface area contributed by atoms with E-state index in [2.05, 4.69) is 21.3 Å². The predicted molar refractivity (Wildman–Crippen MR) is 123 cm³/mol. The molecule has 9 heteroatoms. The first-order chi connectivity index (χ1) is 15.2. The molecule has 0 fully saturated rings. The van der Waals surface area contributed by atoms with Crippen molar-refractivity contribution in [1.29, 1.82) is 0 Å². The Hall–Kier alpha value is -3.88. The number of rotatable bonds is 5. The lowest BCUT2D eigenvalue weighted by Gasteiger charge is -2.40. The van der Waals surface area contributed by atoms with Gasteiger partial charge in [-0.05, 0) is 44.5 Å². The number of imide groups is 1. The number of para-hydroxylation sites is 2. The van der Waals surface area contributed by atoms with E-state index in [9.17, 15) is 19.2 Å². The number of urea groups is 1. The van der Waals surface area contributed by atoms with Crippen molar-refractivity contribution in [2.45, 2.75) is 39.3 Å². The van der Waals surface area contributed by atoms with Gasteiger partial charge in [-0.25, -0.2) is 4.79 Å². The first-order valence-electron chi connectivity index (χ1n) is 10.3. The number of nitrogens with one attached hydrogen (secondary N) is 4. The van der Waals surface area contributed by atoms with E-state index >= 15 is 0 Å². The average molecular weight is 438 g/mol. The summed E-state index contributed by atoms with van der Waals surface area (Å²) in [6.45, 7) is 5.44. The Morgan fingerprint density at radius 1 is 1.12 bits per heavy atom. The zero-order valence-corrected chi connectivity index (χ0v) is 18.5. The van der Waals surface area contributed by atoms with Gasteiger partial charge in [0.2, 0.25) is 17.7 Å². The standard InChI is InChI=1S/C23H27N5O4/c1-13-9-10-16(14(2)11-13)25-20(29)12-19-22(31)26-17-7-5-6-8-18(17)28(19)15(3)21(30)27-23(32)24-4/h5-11,15,19H,12H2,1-4H3,(H,25,29)(H,26,31)(H2,24,27,30,32)/t15-,19-/m0/s1. The highest BCUT2D eigenvalue weighted by Gasteiger charge is 2.39. The minimum absolute atomic E-state index is 0.176. The van der Waals surface area contributed by atoms with Crippen LogP contribution in [0, 0.1) is 13.8 Å². The molecule has 0 saturated heterocycles. The summed E-state index contributed by atoms with van der Waals surface area (Å²) in [5.41, 5.74) is 3.77. The van der Waals surface area contributed by atoms with Gasteiger partial charge < -0.3 is 20.9 Å². The summed E-state index contributed by atoms with van der Waals surface area (Å²) in [5.74, 6) is -1.35. The first-order valence-corrected chi connectivity index (χ1v) is 10.3. The number of amides is 5. The molecule has 1 heterocycles. The molecule has 4 N–H and O–H groups in total. The highest BCUT2D eigenvalue weighted by atomic mass is 16.2. The molecule has 2 aromatic rings. The van der Waals surface area contributed by atoms with E-state index in [1.54, 1.807) is 36.1 Å². The van der Waals surface area contributed by atoms with Crippen LogP contribution in [0.25, 0.3) is 0 Å². The van der Waals surface area contributed by atoms with Gasteiger partial charge in [0.05, 0.1) is 17.8 Å². The maximum atomic E-state index is 12.9. The smallest absolute Gasteiger partial charge is 0.321 e. The van der Waals surface area contributed by atoms with Crippen LogP contribution in [0.2, 0.25) is 0 Å². The lowest BCUT2D eigenvalue weighted by molar-refractivity contribution is -0.124. The molecule has 0 unspecified atom stereocenters. The fourth-order valence-corrected chi connectivity index (χ4v) is 3.72. The summed E-state index contributed by atoms with van der Waals surface area (Å²) in [6, 6.07) is 10.2. The number of hydrogen-bond donors (Lipinski definition) is 4. The maximum Gasteiger partial charge on any atom is 0.321 e. The molecule has 1 aliphatic rings. The van der Waals surface area contributed by atoms with Crippen LogP contribution in [-0.2, 0) is 14.4 Å². The van der Waals surface area contributed by atoms with Crippen LogP contribution in [0.15, 0.2) is 42.5 Å². The topological polar surface area (TPSA) is 120 Å². The molecule has 2 aromatic carbocycles. The zero-order valence-electron chi connectivity index (χ0n) is 18.5. The SMILES string of the molecule is CNC(=O)NC(=O)[C@H](C)N1c2ccccc2NC(=O)[C@@H]1CC(=O)Nc1ccc(C)cc1C. The van der Waals surface area contributed by atoms with Crippen LogP contribution in [0.5, 0.6) is 0 Å². The molecule has 32 heavy (non-hydrogen) atoms. The Bertz CT molecular complexity index is 1070. The van der Waals surface area contributed by atoms with Crippen molar-refractivity contribution in [3.63, 3.8) is 0 Å². The van der Waals surface area contributed by atoms with E-state index in [1.165, 1.54) is 7.05 Å². The Kier molecular flexibility index (Phi) is 6.77. The van der Waals surface area contributed by atoms with E-state index in [-0.39, 0.29) is 12.3 Å². The van der Waals surface area contributed by atoms with Crippen LogP contribution >= 0.6 is 0 Å². The van der Waals surface area contributed by atoms with Crippen LogP contribution < -0.4 is 26.2 Å². The van der Waals surface area contributed by atoms with Crippen LogP contribution in [0.1, 0.15) is 24.5 Å². The van der Waals surface area contributed by atoms with E-state index in [1.807, 2.05) is 32.0 Å². The van der Waals surface area contributed by atoms with Gasteiger partial charge in [0.1, 0.15) is 12.1 Å². The van der Waals surface area contributed by atoms with Crippen LogP contribution in [-0.4, -0.2) is 42.9 Å². The van der Waals surface area contributed by atoms with Gasteiger partial charge in [0, 0.05) is 12.7 Å². The second kappa shape index (κ2) is 9.51. The lowest BCUT2D eigenvalue weighted by Crippen LogP contribution is -2.58. The van der Waals surface area contributed by atoms with E-state index in [4.69, 9.17) is 0 Å². The molecule has 0 aromatic heterocycles. The van der Waals surface area contributed by atoms with Crippen molar-refractivity contribution in [3.05, 3.63) is 53.6 Å². The Morgan fingerprint density at radius 2 is 1.84 bits per heavy atom. The lowest BCUT2D eigenvalue weighted by atomic mass is 10.0. The van der Waals surface area contributed by atoms with Crippen molar-refractivity contribution in [2.24, 2.45) is 0 Å². The third-order valence-corrected chi connectivity index (χ3v) is 5.37. The third-order valence-electron chi connectivity index (χ3n) is 5.37. The molecule has 0 bridgehead atoms. The Morgan fingerprint density at radius 3 is 2.53 bits per heavy atom. The van der Waals surface area contributed by atoms with Gasteiger partial charge in [0.15, 0.2) is 0 Å². The summed E-state index contributed by atoms with van der Waals surface area (Å²) in [7, 11) is 1.40. The highest BCUT2D eigenvalue weighted by molar-refractivity contribution is 6.09. The van der Waals surface area contributed by atoms with Crippen molar-refractivity contribution >= 4 is 40.8 Å². The number of nitrogens with zero attached hydrogens (tertiary/aromatic N) is 1. The summed E-state index contributed by atoms with van der Waals surface area (Å²) in [6.07, 6.45) is -0.176. The predicted octanol–water partition coefficient (Wildman–Crippen LogP) is 2.30. The summed E-state index contributed by atoms with van der Waals surface area (Å²) >= 11 is 0. The number of aryl methyl sites for hydroxylation is 2. The van der Waals surface area contributed by atoms with Crippen LogP contribution in [0.4, 0.5) is 21.9 Å². The van der Waals surface area contributed by atoms with Gasteiger partial charge in [-0.2, -0.15) is 0 Å². The van der Waals surface area contributed by atoms with E-state index in [0.717, 1.165) is 11.1 Å². The maximum absolute atomic E-state index is 12.9. The van der Waals surface area contributed by atoms with Crippen molar-refractivity contribution in [2.75, 3.05) is 22.6 Å². The van der Waals surface area contributed by atoms with Crippen molar-refractivity contribution in [3.8, 4) is 0 Å². The largest absolute Gasteiger partial charge is 0.346 e. The monoisotopic (exact) mass is 437 g/mol. The molecule has 2 atom stereocenters. The fourth-order valence-electron chi connectivity index (χ4n) is 3.72. The molecule has 0 aliphatic carbocycles. The molecule has 9 nitrogen and oxygen atoms in total. The number of anilines is 3. The molecular weight excluding hydrogens is 410 g/mol. The van der Waals surface area contributed by atoms with E-state index in [0.29, 0.717) is 17.1 Å². The number of carbonyl (C=O) groups excluding carboxylic acids is 4. The molecule has 5 amide bonds. The molecule has 0 spiro atoms. The number of benzene rings is 2. The second-order valence-corrected chi connectivity index (χ2v) is 7.74. The van der Waals surface area contributed by atoms with Crippen molar-refractivity contribution < 1.29 is 19.2 Å². The van der Waals surface area contributed by atoms with Gasteiger partial charge in [-0.15, -0.1) is 0 Å². The van der Waals surface area contributed by atoms with Gasteiger partial charge in [0.25, 0.3) is 0 Å². The summed E-state index contributed by atoms with van der Waals surface area (Å²) in [5, 5.41) is 10.2. The fraction of sp³-hybridized carbons (Fsp3) is 0.304. The Labute approximate surface area is 186 Å². The molecule has 168 valence electrons. The first kappa shape index (κ1) is 22.8. The Balaban J connectivity index is 1.87. The molecular formula is C23H27N5O4. The summed E-state index contributed by atoms with van der Waals surface area (Å²) in [4.78, 5) is 51.7. The van der Waals surface area contributed by atoms with Crippen LogP contribution in [0.3, 0.4) is 0 Å². The van der Waals surface area contributed by atoms with E-state index < -0.39 is 29.9 Å². The molecule has 0 saturated carbocycles. The number of hydrogen-bond acceptors (Lipinski definition) is 5. The normalized spacial score (nSPS) is 15.8. The number of fused-ring (bicyclic) bond motifs is 1. The summed E-state index contributed by atoms with van der Waals surface area (Å²) < 4.78 is 0. The van der Waals surface area contributed by atoms with Crippen molar-refractivity contribution in [1.82, 2.24) is 10.6 Å². The third kappa shape index (κ3) is 4.88. The minimum Gasteiger partial charge on any atom is -0.346 e. The molecule has 0 radical (unpaired) electrons. The highest BCUT2D eigenvalue weighted by Crippen LogP contribution is 2.34. The van der Waals surface area contributed by atoms with Gasteiger partial charge in [-0.1, -0.05) is 29.8 Å².